The summed E-state index contributed by atoms with van der Waals surface area (Å²) in [4.78, 5) is 14.1. The van der Waals surface area contributed by atoms with Gasteiger partial charge in [0.2, 0.25) is 0 Å². The minimum atomic E-state index is -0.683. The summed E-state index contributed by atoms with van der Waals surface area (Å²) in [7, 11) is 0. The van der Waals surface area contributed by atoms with Gasteiger partial charge in [0.25, 0.3) is 5.91 Å². The Morgan fingerprint density at radius 3 is 2.85 bits per heavy atom. The Morgan fingerprint density at radius 1 is 1.50 bits per heavy atom. The molecule has 1 amide bonds. The molecule has 1 aliphatic rings. The predicted molar refractivity (Wildman–Crippen MR) is 77.8 cm³/mol. The molecule has 112 valence electrons. The number of hydrogen-bond donors (Lipinski definition) is 1. The van der Waals surface area contributed by atoms with E-state index in [4.69, 9.17) is 4.74 Å². The molecule has 4 nitrogen and oxygen atoms in total. The van der Waals surface area contributed by atoms with Gasteiger partial charge in [-0.25, -0.2) is 4.39 Å². The van der Waals surface area contributed by atoms with Crippen molar-refractivity contribution in [2.45, 2.75) is 26.0 Å². The quantitative estimate of drug-likeness (QED) is 0.926. The van der Waals surface area contributed by atoms with Gasteiger partial charge in [-0.05, 0) is 26.0 Å². The molecule has 1 saturated heterocycles. The van der Waals surface area contributed by atoms with Gasteiger partial charge < -0.3 is 15.0 Å². The van der Waals surface area contributed by atoms with Crippen LogP contribution in [0.3, 0.4) is 0 Å². The van der Waals surface area contributed by atoms with Gasteiger partial charge in [-0.15, -0.1) is 12.4 Å². The van der Waals surface area contributed by atoms with Crippen molar-refractivity contribution in [3.8, 4) is 5.75 Å². The molecule has 20 heavy (non-hydrogen) atoms. The third kappa shape index (κ3) is 3.84. The van der Waals surface area contributed by atoms with E-state index >= 15 is 0 Å². The maximum absolute atomic E-state index is 13.5. The van der Waals surface area contributed by atoms with Gasteiger partial charge >= 0.3 is 0 Å². The van der Waals surface area contributed by atoms with Crippen molar-refractivity contribution in [1.29, 1.82) is 0 Å². The van der Waals surface area contributed by atoms with E-state index in [2.05, 4.69) is 5.32 Å². The van der Waals surface area contributed by atoms with Crippen LogP contribution in [0.1, 0.15) is 13.8 Å². The molecular weight excluding hydrogens is 283 g/mol. The molecule has 1 aliphatic heterocycles. The van der Waals surface area contributed by atoms with Crippen LogP contribution in [0, 0.1) is 5.82 Å². The number of nitrogens with one attached hydrogen (secondary N) is 1. The van der Waals surface area contributed by atoms with Crippen LogP contribution in [0.5, 0.6) is 5.75 Å². The zero-order valence-electron chi connectivity index (χ0n) is 11.6. The van der Waals surface area contributed by atoms with Gasteiger partial charge in [0, 0.05) is 25.7 Å². The summed E-state index contributed by atoms with van der Waals surface area (Å²) < 4.78 is 18.9. The van der Waals surface area contributed by atoms with Crippen LogP contribution in [-0.2, 0) is 4.79 Å². The molecule has 0 bridgehead atoms. The van der Waals surface area contributed by atoms with E-state index in [1.165, 1.54) is 12.1 Å². The second-order valence-corrected chi connectivity index (χ2v) is 4.78. The molecule has 0 spiro atoms. The predicted octanol–water partition coefficient (Wildman–Crippen LogP) is 1.84. The fourth-order valence-electron chi connectivity index (χ4n) is 2.18. The minimum absolute atomic E-state index is 0. The average Bonchev–Trinajstić information content (AvgIpc) is 2.41. The first kappa shape index (κ1) is 16.7. The summed E-state index contributed by atoms with van der Waals surface area (Å²) in [6, 6.07) is 6.25. The van der Waals surface area contributed by atoms with Crippen molar-refractivity contribution >= 4 is 18.3 Å². The van der Waals surface area contributed by atoms with E-state index in [9.17, 15) is 9.18 Å². The largest absolute Gasteiger partial charge is 0.478 e. The zero-order chi connectivity index (χ0) is 13.8. The molecule has 1 N–H and O–H groups in total. The summed E-state index contributed by atoms with van der Waals surface area (Å²) in [6.07, 6.45) is -0.683. The molecule has 1 unspecified atom stereocenters. The van der Waals surface area contributed by atoms with E-state index in [1.54, 1.807) is 24.0 Å². The van der Waals surface area contributed by atoms with E-state index in [0.29, 0.717) is 6.54 Å². The molecular formula is C14H20ClFN2O2. The number of rotatable bonds is 3. The monoisotopic (exact) mass is 302 g/mol. The normalized spacial score (nSPS) is 19.9. The second kappa shape index (κ2) is 7.45. The van der Waals surface area contributed by atoms with E-state index in [1.807, 2.05) is 6.92 Å². The summed E-state index contributed by atoms with van der Waals surface area (Å²) in [5, 5.41) is 3.22. The summed E-state index contributed by atoms with van der Waals surface area (Å²) in [6.45, 7) is 5.86. The molecule has 1 fully saturated rings. The Morgan fingerprint density at radius 2 is 2.20 bits per heavy atom. The third-order valence-electron chi connectivity index (χ3n) is 3.27. The first-order valence-electron chi connectivity index (χ1n) is 6.52. The van der Waals surface area contributed by atoms with Crippen LogP contribution in [-0.4, -0.2) is 42.6 Å². The number of carbonyl (C=O) groups excluding carboxylic acids is 1. The fraction of sp³-hybridized carbons (Fsp3) is 0.500. The van der Waals surface area contributed by atoms with Gasteiger partial charge in [0.1, 0.15) is 0 Å². The molecule has 2 rings (SSSR count). The Hall–Kier alpha value is -1.33. The molecule has 1 heterocycles. The van der Waals surface area contributed by atoms with Crippen molar-refractivity contribution in [1.82, 2.24) is 10.2 Å². The van der Waals surface area contributed by atoms with E-state index in [-0.39, 0.29) is 30.1 Å². The maximum atomic E-state index is 13.5. The number of nitrogens with zero attached hydrogens (tertiary/aromatic N) is 1. The molecule has 0 radical (unpaired) electrons. The fourth-order valence-corrected chi connectivity index (χ4v) is 2.18. The lowest BCUT2D eigenvalue weighted by Crippen LogP contribution is -2.55. The topological polar surface area (TPSA) is 41.6 Å². The number of ether oxygens (including phenoxy) is 1. The zero-order valence-corrected chi connectivity index (χ0v) is 12.5. The van der Waals surface area contributed by atoms with Crippen molar-refractivity contribution in [2.24, 2.45) is 0 Å². The second-order valence-electron chi connectivity index (χ2n) is 4.78. The maximum Gasteiger partial charge on any atom is 0.263 e. The van der Waals surface area contributed by atoms with E-state index in [0.717, 1.165) is 13.1 Å². The van der Waals surface area contributed by atoms with Crippen LogP contribution in [0.2, 0.25) is 0 Å². The number of carbonyl (C=O) groups is 1. The molecule has 0 aromatic heterocycles. The molecule has 2 atom stereocenters. The van der Waals surface area contributed by atoms with Crippen LogP contribution in [0.15, 0.2) is 24.3 Å². The van der Waals surface area contributed by atoms with Gasteiger partial charge in [-0.2, -0.15) is 0 Å². The lowest BCUT2D eigenvalue weighted by molar-refractivity contribution is -0.140. The van der Waals surface area contributed by atoms with Gasteiger partial charge in [0.05, 0.1) is 0 Å². The molecule has 6 heteroatoms. The van der Waals surface area contributed by atoms with Crippen molar-refractivity contribution in [2.75, 3.05) is 19.6 Å². The first-order chi connectivity index (χ1) is 9.09. The van der Waals surface area contributed by atoms with Gasteiger partial charge in [-0.1, -0.05) is 12.1 Å². The Kier molecular flexibility index (Phi) is 6.23. The lowest BCUT2D eigenvalue weighted by atomic mass is 10.2. The van der Waals surface area contributed by atoms with Crippen LogP contribution >= 0.6 is 12.4 Å². The number of benzene rings is 1. The Balaban J connectivity index is 0.00000200. The standard InChI is InChI=1S/C14H19FN2O2.ClH/c1-10-9-16-7-8-17(10)14(18)11(2)19-13-6-4-3-5-12(13)15;/h3-6,10-11,16H,7-9H2,1-2H3;1H/t10-,11?;/m1./s1. The SMILES string of the molecule is CC(Oc1ccccc1F)C(=O)N1CCNC[C@H]1C.Cl. The highest BCUT2D eigenvalue weighted by molar-refractivity contribution is 5.85. The highest BCUT2D eigenvalue weighted by Crippen LogP contribution is 2.18. The minimum Gasteiger partial charge on any atom is -0.478 e. The number of hydrogen-bond acceptors (Lipinski definition) is 3. The molecule has 0 saturated carbocycles. The van der Waals surface area contributed by atoms with Crippen molar-refractivity contribution in [3.05, 3.63) is 30.1 Å². The van der Waals surface area contributed by atoms with Crippen LogP contribution in [0.4, 0.5) is 4.39 Å². The number of amides is 1. The van der Waals surface area contributed by atoms with Crippen LogP contribution < -0.4 is 10.1 Å². The Bertz CT molecular complexity index is 459. The molecule has 1 aromatic carbocycles. The Labute approximate surface area is 124 Å². The highest BCUT2D eigenvalue weighted by atomic mass is 35.5. The smallest absolute Gasteiger partial charge is 0.263 e. The molecule has 1 aromatic rings. The van der Waals surface area contributed by atoms with Crippen molar-refractivity contribution in [3.63, 3.8) is 0 Å². The summed E-state index contributed by atoms with van der Waals surface area (Å²) >= 11 is 0. The molecule has 0 aliphatic carbocycles. The summed E-state index contributed by atoms with van der Waals surface area (Å²) in [5.74, 6) is -0.432. The number of halogens is 2. The van der Waals surface area contributed by atoms with Gasteiger partial charge in [-0.3, -0.25) is 4.79 Å². The summed E-state index contributed by atoms with van der Waals surface area (Å²) in [5.41, 5.74) is 0. The van der Waals surface area contributed by atoms with E-state index < -0.39 is 11.9 Å². The lowest BCUT2D eigenvalue weighted by Gasteiger charge is -2.35. The van der Waals surface area contributed by atoms with Crippen LogP contribution in [0.25, 0.3) is 0 Å². The highest BCUT2D eigenvalue weighted by Gasteiger charge is 2.28. The first-order valence-corrected chi connectivity index (χ1v) is 6.52. The van der Waals surface area contributed by atoms with Crippen molar-refractivity contribution < 1.29 is 13.9 Å². The third-order valence-corrected chi connectivity index (χ3v) is 3.27. The average molecular weight is 303 g/mol. The number of para-hydroxylation sites is 1. The number of piperazine rings is 1. The van der Waals surface area contributed by atoms with Gasteiger partial charge in [0.15, 0.2) is 17.7 Å².